The highest BCUT2D eigenvalue weighted by atomic mass is 19.1. The molecule has 0 aliphatic heterocycles. The van der Waals surface area contributed by atoms with Gasteiger partial charge in [0.05, 0.1) is 11.4 Å². The van der Waals surface area contributed by atoms with Gasteiger partial charge in [-0.2, -0.15) is 0 Å². The van der Waals surface area contributed by atoms with Crippen molar-refractivity contribution >= 4 is 11.4 Å². The Balaban J connectivity index is 2.99. The molecular formula is C11H17FN2. The van der Waals surface area contributed by atoms with Gasteiger partial charge in [0, 0.05) is 13.1 Å². The summed E-state index contributed by atoms with van der Waals surface area (Å²) < 4.78 is 13.0. The van der Waals surface area contributed by atoms with Crippen molar-refractivity contribution in [2.75, 3.05) is 17.7 Å². The minimum atomic E-state index is -0.246. The molecule has 2 nitrogen and oxygen atoms in total. The van der Waals surface area contributed by atoms with Crippen LogP contribution >= 0.6 is 0 Å². The lowest BCUT2D eigenvalue weighted by molar-refractivity contribution is 0.622. The van der Waals surface area contributed by atoms with Crippen LogP contribution in [0.2, 0.25) is 0 Å². The minimum absolute atomic E-state index is 0.246. The number of anilines is 2. The van der Waals surface area contributed by atoms with Crippen molar-refractivity contribution in [3.05, 3.63) is 24.0 Å². The first-order valence-electron chi connectivity index (χ1n) is 4.84. The van der Waals surface area contributed by atoms with E-state index < -0.39 is 0 Å². The molecule has 0 bridgehead atoms. The van der Waals surface area contributed by atoms with Gasteiger partial charge in [0.1, 0.15) is 5.82 Å². The molecule has 14 heavy (non-hydrogen) atoms. The summed E-state index contributed by atoms with van der Waals surface area (Å²) in [6, 6.07) is 4.81. The zero-order valence-corrected chi connectivity index (χ0v) is 8.92. The van der Waals surface area contributed by atoms with Gasteiger partial charge in [-0.15, -0.1) is 0 Å². The van der Waals surface area contributed by atoms with E-state index in [4.69, 9.17) is 5.73 Å². The lowest BCUT2D eigenvalue weighted by Gasteiger charge is -2.27. The molecule has 0 aromatic heterocycles. The van der Waals surface area contributed by atoms with Crippen LogP contribution in [0.5, 0.6) is 0 Å². The van der Waals surface area contributed by atoms with Gasteiger partial charge in [0.2, 0.25) is 0 Å². The Morgan fingerprint density at radius 3 is 2.71 bits per heavy atom. The molecule has 0 saturated carbocycles. The van der Waals surface area contributed by atoms with Crippen molar-refractivity contribution in [1.82, 2.24) is 0 Å². The van der Waals surface area contributed by atoms with E-state index in [1.807, 2.05) is 11.9 Å². The van der Waals surface area contributed by atoms with Crippen molar-refractivity contribution in [2.45, 2.75) is 26.3 Å². The Morgan fingerprint density at radius 1 is 1.50 bits per heavy atom. The Kier molecular flexibility index (Phi) is 3.33. The maximum Gasteiger partial charge on any atom is 0.125 e. The van der Waals surface area contributed by atoms with Gasteiger partial charge in [0.15, 0.2) is 0 Å². The van der Waals surface area contributed by atoms with Gasteiger partial charge >= 0.3 is 0 Å². The Bertz CT molecular complexity index is 312. The molecule has 0 fully saturated rings. The number of nitrogens with zero attached hydrogens (tertiary/aromatic N) is 1. The van der Waals surface area contributed by atoms with Gasteiger partial charge in [0.25, 0.3) is 0 Å². The third kappa shape index (κ3) is 2.16. The first kappa shape index (κ1) is 10.8. The molecule has 0 radical (unpaired) electrons. The SMILES string of the molecule is CCC(C)N(C)c1cc(F)ccc1N. The standard InChI is InChI=1S/C11H17FN2/c1-4-8(2)14(3)11-7-9(12)5-6-10(11)13/h5-8H,4,13H2,1-3H3. The van der Waals surface area contributed by atoms with E-state index in [1.54, 1.807) is 6.07 Å². The average molecular weight is 196 g/mol. The molecule has 0 heterocycles. The van der Waals surface area contributed by atoms with Crippen molar-refractivity contribution in [3.8, 4) is 0 Å². The Morgan fingerprint density at radius 2 is 2.14 bits per heavy atom. The summed E-state index contributed by atoms with van der Waals surface area (Å²) in [7, 11) is 1.93. The van der Waals surface area contributed by atoms with Crippen LogP contribution in [0.25, 0.3) is 0 Å². The predicted octanol–water partition coefficient (Wildman–Crippen LogP) is 2.64. The molecule has 1 rings (SSSR count). The van der Waals surface area contributed by atoms with Gasteiger partial charge in [-0.25, -0.2) is 4.39 Å². The summed E-state index contributed by atoms with van der Waals surface area (Å²) in [4.78, 5) is 2.00. The van der Waals surface area contributed by atoms with E-state index in [9.17, 15) is 4.39 Å². The molecule has 78 valence electrons. The van der Waals surface area contributed by atoms with Crippen LogP contribution in [0.15, 0.2) is 18.2 Å². The number of hydrogen-bond donors (Lipinski definition) is 1. The molecule has 1 atom stereocenters. The summed E-state index contributed by atoms with van der Waals surface area (Å²) in [5, 5.41) is 0. The Hall–Kier alpha value is -1.25. The van der Waals surface area contributed by atoms with Gasteiger partial charge < -0.3 is 10.6 Å². The largest absolute Gasteiger partial charge is 0.397 e. The summed E-state index contributed by atoms with van der Waals surface area (Å²) in [6.45, 7) is 4.18. The summed E-state index contributed by atoms with van der Waals surface area (Å²) >= 11 is 0. The van der Waals surface area contributed by atoms with Crippen LogP contribution in [0.3, 0.4) is 0 Å². The molecule has 3 heteroatoms. The smallest absolute Gasteiger partial charge is 0.125 e. The fourth-order valence-electron chi connectivity index (χ4n) is 1.33. The summed E-state index contributed by atoms with van der Waals surface area (Å²) in [5.74, 6) is -0.246. The second-order valence-electron chi connectivity index (χ2n) is 3.57. The molecule has 0 aliphatic carbocycles. The van der Waals surface area contributed by atoms with E-state index in [0.717, 1.165) is 12.1 Å². The van der Waals surface area contributed by atoms with Crippen LogP contribution < -0.4 is 10.6 Å². The molecule has 1 unspecified atom stereocenters. The van der Waals surface area contributed by atoms with E-state index in [0.29, 0.717) is 11.7 Å². The van der Waals surface area contributed by atoms with Gasteiger partial charge in [-0.05, 0) is 31.5 Å². The number of nitrogens with two attached hydrogens (primary N) is 1. The fourth-order valence-corrected chi connectivity index (χ4v) is 1.33. The summed E-state index contributed by atoms with van der Waals surface area (Å²) in [6.07, 6.45) is 1.01. The van der Waals surface area contributed by atoms with E-state index >= 15 is 0 Å². The molecule has 0 spiro atoms. The third-order valence-electron chi connectivity index (χ3n) is 2.62. The van der Waals surface area contributed by atoms with Gasteiger partial charge in [-0.1, -0.05) is 6.92 Å². The lowest BCUT2D eigenvalue weighted by atomic mass is 10.2. The van der Waals surface area contributed by atoms with Crippen LogP contribution in [0.1, 0.15) is 20.3 Å². The van der Waals surface area contributed by atoms with Crippen molar-refractivity contribution in [3.63, 3.8) is 0 Å². The third-order valence-corrected chi connectivity index (χ3v) is 2.62. The van der Waals surface area contributed by atoms with Crippen LogP contribution in [-0.4, -0.2) is 13.1 Å². The molecule has 0 saturated heterocycles. The maximum atomic E-state index is 13.0. The zero-order valence-electron chi connectivity index (χ0n) is 8.92. The van der Waals surface area contributed by atoms with Crippen LogP contribution in [-0.2, 0) is 0 Å². The highest BCUT2D eigenvalue weighted by Crippen LogP contribution is 2.25. The van der Waals surface area contributed by atoms with Crippen LogP contribution in [0, 0.1) is 5.82 Å². The first-order chi connectivity index (χ1) is 6.56. The molecule has 0 aliphatic rings. The lowest BCUT2D eigenvalue weighted by Crippen LogP contribution is -2.28. The quantitative estimate of drug-likeness (QED) is 0.753. The zero-order chi connectivity index (χ0) is 10.7. The highest BCUT2D eigenvalue weighted by Gasteiger charge is 2.11. The number of halogens is 1. The second-order valence-corrected chi connectivity index (χ2v) is 3.57. The number of hydrogen-bond acceptors (Lipinski definition) is 2. The first-order valence-corrected chi connectivity index (χ1v) is 4.84. The van der Waals surface area contributed by atoms with E-state index in [-0.39, 0.29) is 5.82 Å². The van der Waals surface area contributed by atoms with Gasteiger partial charge in [-0.3, -0.25) is 0 Å². The second kappa shape index (κ2) is 4.31. The van der Waals surface area contributed by atoms with Crippen LogP contribution in [0.4, 0.5) is 15.8 Å². The molecular weight excluding hydrogens is 179 g/mol. The number of nitrogen functional groups attached to an aromatic ring is 1. The highest BCUT2D eigenvalue weighted by molar-refractivity contribution is 5.67. The average Bonchev–Trinajstić information content (AvgIpc) is 2.19. The molecule has 2 N–H and O–H groups in total. The molecule has 1 aromatic rings. The predicted molar refractivity (Wildman–Crippen MR) is 59.0 cm³/mol. The normalized spacial score (nSPS) is 12.6. The molecule has 1 aromatic carbocycles. The number of rotatable bonds is 3. The molecule has 0 amide bonds. The minimum Gasteiger partial charge on any atom is -0.397 e. The Labute approximate surface area is 84.5 Å². The van der Waals surface area contributed by atoms with Crippen molar-refractivity contribution in [2.24, 2.45) is 0 Å². The van der Waals surface area contributed by atoms with E-state index in [2.05, 4.69) is 13.8 Å². The summed E-state index contributed by atoms with van der Waals surface area (Å²) in [5.41, 5.74) is 7.16. The monoisotopic (exact) mass is 196 g/mol. The van der Waals surface area contributed by atoms with E-state index in [1.165, 1.54) is 12.1 Å². The topological polar surface area (TPSA) is 29.3 Å². The van der Waals surface area contributed by atoms with Crippen molar-refractivity contribution < 1.29 is 4.39 Å². The number of benzene rings is 1. The fraction of sp³-hybridized carbons (Fsp3) is 0.455. The van der Waals surface area contributed by atoms with Crippen molar-refractivity contribution in [1.29, 1.82) is 0 Å². The maximum absolute atomic E-state index is 13.0.